The second kappa shape index (κ2) is 12.8. The lowest BCUT2D eigenvalue weighted by Gasteiger charge is -2.36. The summed E-state index contributed by atoms with van der Waals surface area (Å²) in [6.45, 7) is 0. The number of phenolic OH excluding ortho intramolecular Hbond substituents is 2. The first-order valence-electron chi connectivity index (χ1n) is 12.3. The molecule has 198 valence electrons. The SMILES string of the molecule is COC(=O)[C@H](CSC(c1ccccc1)(c1ccccc1)c1ccccc1)NC(=O)/C=C/c1ccc(O)c(O)c1. The number of amides is 1. The Labute approximate surface area is 232 Å². The first-order valence-corrected chi connectivity index (χ1v) is 13.3. The first kappa shape index (κ1) is 27.5. The molecule has 0 saturated heterocycles. The van der Waals surface area contributed by atoms with E-state index < -0.39 is 22.7 Å². The Morgan fingerprint density at radius 2 is 1.33 bits per heavy atom. The van der Waals surface area contributed by atoms with Gasteiger partial charge in [-0.05, 0) is 40.5 Å². The fraction of sp³-hybridized carbons (Fsp3) is 0.125. The van der Waals surface area contributed by atoms with Gasteiger partial charge in [-0.3, -0.25) is 4.79 Å². The number of hydrogen-bond acceptors (Lipinski definition) is 6. The highest BCUT2D eigenvalue weighted by Crippen LogP contribution is 2.48. The number of ether oxygens (including phenoxy) is 1. The van der Waals surface area contributed by atoms with E-state index in [0.29, 0.717) is 5.56 Å². The summed E-state index contributed by atoms with van der Waals surface area (Å²) in [7, 11) is 1.29. The molecule has 0 fully saturated rings. The molecule has 0 radical (unpaired) electrons. The van der Waals surface area contributed by atoms with Gasteiger partial charge in [-0.15, -0.1) is 11.8 Å². The summed E-state index contributed by atoms with van der Waals surface area (Å²) in [4.78, 5) is 25.6. The number of rotatable bonds is 10. The van der Waals surface area contributed by atoms with Crippen molar-refractivity contribution in [2.75, 3.05) is 12.9 Å². The van der Waals surface area contributed by atoms with Crippen molar-refractivity contribution in [1.29, 1.82) is 0 Å². The van der Waals surface area contributed by atoms with Gasteiger partial charge in [-0.1, -0.05) is 97.1 Å². The van der Waals surface area contributed by atoms with Crippen molar-refractivity contribution in [2.45, 2.75) is 10.8 Å². The molecule has 7 heteroatoms. The van der Waals surface area contributed by atoms with Crippen molar-refractivity contribution in [3.63, 3.8) is 0 Å². The molecular formula is C32H29NO5S. The molecule has 3 N–H and O–H groups in total. The molecule has 0 aromatic heterocycles. The van der Waals surface area contributed by atoms with Crippen molar-refractivity contribution in [3.8, 4) is 11.5 Å². The molecule has 0 saturated carbocycles. The number of carbonyl (C=O) groups excluding carboxylic acids is 2. The van der Waals surface area contributed by atoms with Crippen LogP contribution in [0.3, 0.4) is 0 Å². The number of hydrogen-bond donors (Lipinski definition) is 3. The summed E-state index contributed by atoms with van der Waals surface area (Å²) >= 11 is 1.54. The highest BCUT2D eigenvalue weighted by atomic mass is 32.2. The second-order valence-corrected chi connectivity index (χ2v) is 9.99. The van der Waals surface area contributed by atoms with Gasteiger partial charge in [0.2, 0.25) is 5.91 Å². The fourth-order valence-electron chi connectivity index (χ4n) is 4.32. The monoisotopic (exact) mass is 539 g/mol. The molecule has 39 heavy (non-hydrogen) atoms. The number of methoxy groups -OCH3 is 1. The van der Waals surface area contributed by atoms with Gasteiger partial charge in [-0.2, -0.15) is 0 Å². The van der Waals surface area contributed by atoms with Crippen LogP contribution in [0.25, 0.3) is 6.08 Å². The lowest BCUT2D eigenvalue weighted by Crippen LogP contribution is -2.43. The summed E-state index contributed by atoms with van der Waals surface area (Å²) in [6.07, 6.45) is 2.75. The Bertz CT molecular complexity index is 1330. The average Bonchev–Trinajstić information content (AvgIpc) is 2.98. The van der Waals surface area contributed by atoms with E-state index in [4.69, 9.17) is 4.74 Å². The standard InChI is InChI=1S/C32H29NO5S/c1-38-31(37)27(33-30(36)20-18-23-17-19-28(34)29(35)21-23)22-39-32(24-11-5-2-6-12-24,25-13-7-3-8-14-25)26-15-9-4-10-16-26/h2-21,27,34-35H,22H2,1H3,(H,33,36)/b20-18+/t27-/m0/s1. The zero-order valence-electron chi connectivity index (χ0n) is 21.4. The molecular weight excluding hydrogens is 510 g/mol. The van der Waals surface area contributed by atoms with E-state index in [-0.39, 0.29) is 17.3 Å². The van der Waals surface area contributed by atoms with E-state index in [1.54, 1.807) is 6.07 Å². The second-order valence-electron chi connectivity index (χ2n) is 8.76. The molecule has 6 nitrogen and oxygen atoms in total. The van der Waals surface area contributed by atoms with Crippen molar-refractivity contribution < 1.29 is 24.5 Å². The van der Waals surface area contributed by atoms with Crippen molar-refractivity contribution >= 4 is 29.7 Å². The quantitative estimate of drug-likeness (QED) is 0.107. The van der Waals surface area contributed by atoms with Crippen molar-refractivity contribution in [1.82, 2.24) is 5.32 Å². The van der Waals surface area contributed by atoms with E-state index in [0.717, 1.165) is 16.7 Å². The molecule has 0 bridgehead atoms. The minimum atomic E-state index is -0.930. The number of phenols is 2. The maximum atomic E-state index is 12.8. The van der Waals surface area contributed by atoms with Crippen LogP contribution in [0.5, 0.6) is 11.5 Å². The Morgan fingerprint density at radius 1 is 0.821 bits per heavy atom. The summed E-state index contributed by atoms with van der Waals surface area (Å²) in [5, 5.41) is 21.9. The Kier molecular flexibility index (Phi) is 9.07. The molecule has 4 aromatic rings. The lowest BCUT2D eigenvalue weighted by atomic mass is 9.84. The van der Waals surface area contributed by atoms with Crippen LogP contribution in [0, 0.1) is 0 Å². The number of aromatic hydroxyl groups is 2. The van der Waals surface area contributed by atoms with Gasteiger partial charge < -0.3 is 20.3 Å². The van der Waals surface area contributed by atoms with Crippen LogP contribution in [0.15, 0.2) is 115 Å². The highest BCUT2D eigenvalue weighted by molar-refractivity contribution is 8.00. The van der Waals surface area contributed by atoms with E-state index in [9.17, 15) is 19.8 Å². The zero-order chi connectivity index (χ0) is 27.7. The normalized spacial score (nSPS) is 12.1. The number of thioether (sulfide) groups is 1. The third-order valence-corrected chi connectivity index (χ3v) is 7.88. The van der Waals surface area contributed by atoms with Crippen molar-refractivity contribution in [3.05, 3.63) is 138 Å². The van der Waals surface area contributed by atoms with Crippen LogP contribution in [-0.4, -0.2) is 41.0 Å². The number of benzene rings is 4. The number of carbonyl (C=O) groups is 2. The van der Waals surface area contributed by atoms with Gasteiger partial charge in [0.1, 0.15) is 6.04 Å². The molecule has 4 rings (SSSR count). The van der Waals surface area contributed by atoms with Crippen LogP contribution in [0.2, 0.25) is 0 Å². The molecule has 0 aliphatic rings. The highest BCUT2D eigenvalue weighted by Gasteiger charge is 2.38. The minimum Gasteiger partial charge on any atom is -0.504 e. The lowest BCUT2D eigenvalue weighted by molar-refractivity contribution is -0.143. The van der Waals surface area contributed by atoms with E-state index >= 15 is 0 Å². The molecule has 1 amide bonds. The maximum Gasteiger partial charge on any atom is 0.329 e. The smallest absolute Gasteiger partial charge is 0.329 e. The predicted octanol–water partition coefficient (Wildman–Crippen LogP) is 5.49. The van der Waals surface area contributed by atoms with E-state index in [1.807, 2.05) is 54.6 Å². The van der Waals surface area contributed by atoms with Gasteiger partial charge >= 0.3 is 5.97 Å². The summed E-state index contributed by atoms with van der Waals surface area (Å²) in [5.74, 6) is -1.37. The molecule has 0 unspecified atom stereocenters. The van der Waals surface area contributed by atoms with Gasteiger partial charge in [-0.25, -0.2) is 4.79 Å². The Hall–Kier alpha value is -4.49. The van der Waals surface area contributed by atoms with Crippen LogP contribution in [0.4, 0.5) is 0 Å². The molecule has 0 spiro atoms. The predicted molar refractivity (Wildman–Crippen MR) is 154 cm³/mol. The van der Waals surface area contributed by atoms with E-state index in [2.05, 4.69) is 41.7 Å². The summed E-state index contributed by atoms with van der Waals surface area (Å²) in [6, 6.07) is 33.5. The van der Waals surface area contributed by atoms with Gasteiger partial charge in [0.25, 0.3) is 0 Å². The van der Waals surface area contributed by atoms with E-state index in [1.165, 1.54) is 43.2 Å². The van der Waals surface area contributed by atoms with Crippen LogP contribution < -0.4 is 5.32 Å². The third kappa shape index (κ3) is 6.51. The summed E-state index contributed by atoms with van der Waals surface area (Å²) < 4.78 is 4.37. The molecule has 0 aliphatic heterocycles. The molecule has 1 atom stereocenters. The maximum absolute atomic E-state index is 12.8. The average molecular weight is 540 g/mol. The Balaban J connectivity index is 1.65. The number of esters is 1. The first-order chi connectivity index (χ1) is 18.9. The van der Waals surface area contributed by atoms with Crippen molar-refractivity contribution in [2.24, 2.45) is 0 Å². The molecule has 0 heterocycles. The largest absolute Gasteiger partial charge is 0.504 e. The molecule has 4 aromatic carbocycles. The number of nitrogens with one attached hydrogen (secondary N) is 1. The molecule has 0 aliphatic carbocycles. The third-order valence-electron chi connectivity index (χ3n) is 6.24. The van der Waals surface area contributed by atoms with Crippen LogP contribution >= 0.6 is 11.8 Å². The minimum absolute atomic E-state index is 0.227. The zero-order valence-corrected chi connectivity index (χ0v) is 22.2. The Morgan fingerprint density at radius 3 is 1.79 bits per heavy atom. The topological polar surface area (TPSA) is 95.9 Å². The van der Waals surface area contributed by atoms with Gasteiger partial charge in [0, 0.05) is 11.8 Å². The van der Waals surface area contributed by atoms with Crippen LogP contribution in [-0.2, 0) is 19.1 Å². The van der Waals surface area contributed by atoms with Crippen LogP contribution in [0.1, 0.15) is 22.3 Å². The fourth-order valence-corrected chi connectivity index (χ4v) is 5.87. The summed E-state index contributed by atoms with van der Waals surface area (Å²) in [5.41, 5.74) is 3.62. The van der Waals surface area contributed by atoms with Gasteiger partial charge in [0.05, 0.1) is 11.9 Å². The van der Waals surface area contributed by atoms with Gasteiger partial charge in [0.15, 0.2) is 11.5 Å².